The van der Waals surface area contributed by atoms with Crippen LogP contribution < -0.4 is 10.2 Å². The van der Waals surface area contributed by atoms with Crippen molar-refractivity contribution in [2.24, 2.45) is 5.73 Å². The first kappa shape index (κ1) is 20.3. The summed E-state index contributed by atoms with van der Waals surface area (Å²) >= 11 is 0. The number of aromatic nitrogens is 2. The molecule has 0 bridgehead atoms. The molecule has 28 heavy (non-hydrogen) atoms. The van der Waals surface area contributed by atoms with Gasteiger partial charge in [-0.25, -0.2) is 8.42 Å². The SMILES string of the molecule is NC(=O)c1c(CS(=O)(=O)CCCN2CCCCC2)n([O-])c2ccccc2[n+]1=O. The van der Waals surface area contributed by atoms with Gasteiger partial charge in [-0.3, -0.25) is 4.79 Å². The van der Waals surface area contributed by atoms with Gasteiger partial charge < -0.3 is 20.6 Å². The van der Waals surface area contributed by atoms with Crippen molar-refractivity contribution in [3.63, 3.8) is 0 Å². The van der Waals surface area contributed by atoms with Crippen molar-refractivity contribution in [1.29, 1.82) is 0 Å². The second kappa shape index (κ2) is 8.27. The van der Waals surface area contributed by atoms with Gasteiger partial charge in [-0.15, -0.1) is 0 Å². The Hall–Kier alpha value is -2.46. The van der Waals surface area contributed by atoms with Crippen molar-refractivity contribution in [1.82, 2.24) is 9.63 Å². The van der Waals surface area contributed by atoms with Gasteiger partial charge in [0.2, 0.25) is 0 Å². The fourth-order valence-corrected chi connectivity index (χ4v) is 5.01. The van der Waals surface area contributed by atoms with Gasteiger partial charge in [0.05, 0.1) is 15.9 Å². The molecule has 10 heteroatoms. The maximum Gasteiger partial charge on any atom is 0.347 e. The van der Waals surface area contributed by atoms with E-state index in [0.717, 1.165) is 25.9 Å². The zero-order chi connectivity index (χ0) is 20.3. The van der Waals surface area contributed by atoms with E-state index in [4.69, 9.17) is 5.73 Å². The Morgan fingerprint density at radius 3 is 2.54 bits per heavy atom. The first-order chi connectivity index (χ1) is 13.3. The minimum Gasteiger partial charge on any atom is -0.805 e. The summed E-state index contributed by atoms with van der Waals surface area (Å²) in [5.41, 5.74) is 4.16. The fourth-order valence-electron chi connectivity index (χ4n) is 3.63. The number of para-hydroxylation sites is 2. The molecular weight excluding hydrogens is 384 g/mol. The van der Waals surface area contributed by atoms with Crippen LogP contribution in [0.3, 0.4) is 0 Å². The van der Waals surface area contributed by atoms with Gasteiger partial charge in [0, 0.05) is 11.0 Å². The van der Waals surface area contributed by atoms with Crippen LogP contribution >= 0.6 is 0 Å². The summed E-state index contributed by atoms with van der Waals surface area (Å²) in [6.45, 7) is 2.60. The molecule has 2 aromatic rings. The minimum absolute atomic E-state index is 0.0129. The summed E-state index contributed by atoms with van der Waals surface area (Å²) in [6.07, 6.45) is 3.86. The van der Waals surface area contributed by atoms with Crippen LogP contribution in [0.15, 0.2) is 24.3 Å². The summed E-state index contributed by atoms with van der Waals surface area (Å²) in [5, 5.41) is 12.7. The van der Waals surface area contributed by atoms with Gasteiger partial charge in [-0.05, 0) is 45.0 Å². The normalized spacial score (nSPS) is 15.7. The molecule has 0 unspecified atom stereocenters. The van der Waals surface area contributed by atoms with Crippen molar-refractivity contribution in [3.05, 3.63) is 45.8 Å². The second-order valence-corrected chi connectivity index (χ2v) is 9.27. The van der Waals surface area contributed by atoms with Crippen molar-refractivity contribution in [2.45, 2.75) is 31.4 Å². The van der Waals surface area contributed by atoms with E-state index in [9.17, 15) is 23.3 Å². The average Bonchev–Trinajstić information content (AvgIpc) is 2.66. The van der Waals surface area contributed by atoms with Crippen molar-refractivity contribution in [3.8, 4) is 0 Å². The van der Waals surface area contributed by atoms with Crippen LogP contribution in [-0.4, -0.2) is 49.3 Å². The maximum absolute atomic E-state index is 12.7. The van der Waals surface area contributed by atoms with Crippen molar-refractivity contribution in [2.75, 3.05) is 25.4 Å². The molecule has 0 atom stereocenters. The van der Waals surface area contributed by atoms with Gasteiger partial charge >= 0.3 is 11.6 Å². The number of nitrogens with zero attached hydrogens (tertiary/aromatic N) is 3. The summed E-state index contributed by atoms with van der Waals surface area (Å²) in [5.74, 6) is -1.97. The molecule has 2 N–H and O–H groups in total. The smallest absolute Gasteiger partial charge is 0.347 e. The molecule has 1 aromatic carbocycles. The molecule has 152 valence electrons. The van der Waals surface area contributed by atoms with Crippen LogP contribution in [0.1, 0.15) is 41.9 Å². The molecule has 1 aliphatic heterocycles. The number of hydrogen-bond donors (Lipinski definition) is 1. The Morgan fingerprint density at radius 2 is 1.86 bits per heavy atom. The highest BCUT2D eigenvalue weighted by molar-refractivity contribution is 7.90. The van der Waals surface area contributed by atoms with Crippen molar-refractivity contribution >= 4 is 26.8 Å². The first-order valence-corrected chi connectivity index (χ1v) is 11.1. The number of sulfone groups is 1. The lowest BCUT2D eigenvalue weighted by molar-refractivity contribution is -0.468. The first-order valence-electron chi connectivity index (χ1n) is 9.29. The van der Waals surface area contributed by atoms with E-state index in [-0.39, 0.29) is 21.2 Å². The Labute approximate surface area is 162 Å². The van der Waals surface area contributed by atoms with E-state index >= 15 is 0 Å². The van der Waals surface area contributed by atoms with E-state index in [0.29, 0.717) is 17.7 Å². The Morgan fingerprint density at radius 1 is 1.18 bits per heavy atom. The molecule has 1 aromatic heterocycles. The summed E-state index contributed by atoms with van der Waals surface area (Å²) < 4.78 is 25.7. The van der Waals surface area contributed by atoms with Crippen LogP contribution in [0.2, 0.25) is 0 Å². The number of rotatable bonds is 7. The molecule has 9 nitrogen and oxygen atoms in total. The predicted octanol–water partition coefficient (Wildman–Crippen LogP) is 0.791. The van der Waals surface area contributed by atoms with Crippen LogP contribution in [0.5, 0.6) is 0 Å². The molecule has 1 saturated heterocycles. The summed E-state index contributed by atoms with van der Waals surface area (Å²) in [4.78, 5) is 26.5. The number of hydrogen-bond acceptors (Lipinski definition) is 6. The molecule has 0 saturated carbocycles. The highest BCUT2D eigenvalue weighted by Crippen LogP contribution is 2.17. The van der Waals surface area contributed by atoms with Gasteiger partial charge in [0.1, 0.15) is 11.2 Å². The number of amides is 1. The largest absolute Gasteiger partial charge is 0.805 e. The standard InChI is InChI=1S/C18H24N4O5S/c19-18(23)17-16(21(24)14-7-2-3-8-15(14)22(17)25)13-28(26,27)12-6-11-20-9-4-1-5-10-20/h2-3,7-8H,1,4-6,9-13H2,(H2,19,23). The van der Waals surface area contributed by atoms with Crippen LogP contribution in [-0.2, 0) is 15.6 Å². The predicted molar refractivity (Wildman–Crippen MR) is 105 cm³/mol. The second-order valence-electron chi connectivity index (χ2n) is 7.08. The minimum atomic E-state index is -3.71. The van der Waals surface area contributed by atoms with Crippen LogP contribution in [0.25, 0.3) is 11.0 Å². The number of carbonyl (C=O) groups is 1. The molecule has 0 radical (unpaired) electrons. The number of nitrogens with two attached hydrogens (primary N) is 1. The number of piperidine rings is 1. The maximum atomic E-state index is 12.7. The molecule has 1 fully saturated rings. The average molecular weight is 408 g/mol. The fraction of sp³-hybridized carbons (Fsp3) is 0.500. The highest BCUT2D eigenvalue weighted by atomic mass is 32.2. The lowest BCUT2D eigenvalue weighted by Gasteiger charge is -2.26. The number of primary amides is 1. The molecule has 0 aliphatic carbocycles. The zero-order valence-corrected chi connectivity index (χ0v) is 16.4. The molecule has 2 heterocycles. The lowest BCUT2D eigenvalue weighted by atomic mass is 10.1. The Bertz CT molecular complexity index is 1040. The lowest BCUT2D eigenvalue weighted by Crippen LogP contribution is -2.35. The van der Waals surface area contributed by atoms with Gasteiger partial charge in [0.25, 0.3) is 5.52 Å². The quantitative estimate of drug-likeness (QED) is 0.674. The topological polar surface area (TPSA) is 131 Å². The molecular formula is C18H24N4O5S. The number of likely N-dealkylation sites (tertiary alicyclic amines) is 1. The molecule has 0 spiro atoms. The number of carbonyl (C=O) groups excluding carboxylic acids is 1. The molecule has 1 aliphatic rings. The van der Waals surface area contributed by atoms with E-state index < -0.39 is 32.9 Å². The highest BCUT2D eigenvalue weighted by Gasteiger charge is 2.30. The monoisotopic (exact) mass is 408 g/mol. The Balaban J connectivity index is 1.86. The number of benzene rings is 1. The van der Waals surface area contributed by atoms with Crippen LogP contribution in [0.4, 0.5) is 0 Å². The van der Waals surface area contributed by atoms with E-state index in [2.05, 4.69) is 4.90 Å². The Kier molecular flexibility index (Phi) is 5.99. The van der Waals surface area contributed by atoms with E-state index in [1.807, 2.05) is 0 Å². The van der Waals surface area contributed by atoms with E-state index in [1.165, 1.54) is 18.6 Å². The third-order valence-electron chi connectivity index (χ3n) is 5.01. The zero-order valence-electron chi connectivity index (χ0n) is 15.5. The van der Waals surface area contributed by atoms with Gasteiger partial charge in [-0.2, -0.15) is 0 Å². The van der Waals surface area contributed by atoms with Crippen molar-refractivity contribution < 1.29 is 17.6 Å². The summed E-state index contributed by atoms with van der Waals surface area (Å²) in [6, 6.07) is 5.87. The molecule has 3 rings (SSSR count). The van der Waals surface area contributed by atoms with Gasteiger partial charge in [0.15, 0.2) is 9.84 Å². The molecule has 1 amide bonds. The van der Waals surface area contributed by atoms with Gasteiger partial charge in [-0.1, -0.05) is 18.6 Å². The van der Waals surface area contributed by atoms with Crippen LogP contribution in [0, 0.1) is 10.1 Å². The number of fused-ring (bicyclic) bond motifs is 1. The van der Waals surface area contributed by atoms with E-state index in [1.54, 1.807) is 12.1 Å². The third-order valence-corrected chi connectivity index (χ3v) is 6.63. The summed E-state index contributed by atoms with van der Waals surface area (Å²) in [7, 11) is -3.71. The third kappa shape index (κ3) is 4.33.